The Morgan fingerprint density at radius 2 is 0.640 bits per heavy atom. The molecule has 0 aliphatic carbocycles. The van der Waals surface area contributed by atoms with E-state index in [1.165, 1.54) is 83.5 Å². The van der Waals surface area contributed by atoms with Crippen molar-refractivity contribution in [2.45, 2.75) is 136 Å². The van der Waals surface area contributed by atoms with E-state index < -0.39 is 0 Å². The third-order valence-corrected chi connectivity index (χ3v) is 5.08. The second-order valence-electron chi connectivity index (χ2n) is 7.65. The Hall–Kier alpha value is -0.660. The molecule has 0 N–H and O–H groups in total. The molecule has 0 aromatic heterocycles. The fourth-order valence-electron chi connectivity index (χ4n) is 3.29. The fraction of sp³-hybridized carbons (Fsp3) is 0.913. The molecule has 0 aliphatic heterocycles. The average Bonchev–Trinajstić information content (AvgIpc) is 2.62. The molecule has 0 rings (SSSR count). The van der Waals surface area contributed by atoms with Gasteiger partial charge in [-0.25, -0.2) is 0 Å². The minimum Gasteiger partial charge on any atom is -0.291 e. The molecular formula is C23H44O2. The molecule has 0 fully saturated rings. The lowest BCUT2D eigenvalue weighted by Gasteiger charge is -2.03. The predicted molar refractivity (Wildman–Crippen MR) is 109 cm³/mol. The Morgan fingerprint density at radius 3 is 0.920 bits per heavy atom. The zero-order valence-electron chi connectivity index (χ0n) is 17.3. The average molecular weight is 353 g/mol. The lowest BCUT2D eigenvalue weighted by atomic mass is 10.0. The number of Topliss-reactive ketones (excluding diaryl/α,β-unsaturated/α-hetero) is 2. The van der Waals surface area contributed by atoms with Gasteiger partial charge in [-0.05, 0) is 12.8 Å². The lowest BCUT2D eigenvalue weighted by molar-refractivity contribution is -0.136. The molecule has 0 amide bonds. The summed E-state index contributed by atoms with van der Waals surface area (Å²) >= 11 is 0. The van der Waals surface area contributed by atoms with E-state index in [0.29, 0.717) is 12.8 Å². The predicted octanol–water partition coefficient (Wildman–Crippen LogP) is 7.58. The second-order valence-corrected chi connectivity index (χ2v) is 7.65. The molecule has 2 nitrogen and oxygen atoms in total. The van der Waals surface area contributed by atoms with E-state index in [-0.39, 0.29) is 11.6 Å². The van der Waals surface area contributed by atoms with Crippen LogP contribution >= 0.6 is 0 Å². The van der Waals surface area contributed by atoms with Crippen molar-refractivity contribution in [3.8, 4) is 0 Å². The van der Waals surface area contributed by atoms with Gasteiger partial charge in [0.15, 0.2) is 11.6 Å². The van der Waals surface area contributed by atoms with Crippen molar-refractivity contribution in [1.82, 2.24) is 0 Å². The van der Waals surface area contributed by atoms with Gasteiger partial charge in [0.25, 0.3) is 0 Å². The Balaban J connectivity index is 3.35. The molecule has 25 heavy (non-hydrogen) atoms. The highest BCUT2D eigenvalue weighted by Gasteiger charge is 2.12. The third kappa shape index (κ3) is 17.9. The monoisotopic (exact) mass is 352 g/mol. The molecule has 0 aliphatic rings. The van der Waals surface area contributed by atoms with Gasteiger partial charge < -0.3 is 0 Å². The molecule has 0 spiro atoms. The molecule has 0 aromatic carbocycles. The lowest BCUT2D eigenvalue weighted by Crippen LogP contribution is -2.13. The maximum absolute atomic E-state index is 11.8. The molecule has 0 unspecified atom stereocenters. The van der Waals surface area contributed by atoms with E-state index in [0.717, 1.165) is 25.7 Å². The summed E-state index contributed by atoms with van der Waals surface area (Å²) in [4.78, 5) is 23.7. The summed E-state index contributed by atoms with van der Waals surface area (Å²) in [6, 6.07) is 0. The van der Waals surface area contributed by atoms with Gasteiger partial charge in [0.1, 0.15) is 0 Å². The molecule has 0 aromatic rings. The van der Waals surface area contributed by atoms with Crippen LogP contribution in [0.2, 0.25) is 0 Å². The molecule has 0 saturated heterocycles. The molecule has 0 heterocycles. The fourth-order valence-corrected chi connectivity index (χ4v) is 3.29. The summed E-state index contributed by atoms with van der Waals surface area (Å²) in [5, 5.41) is 0. The highest BCUT2D eigenvalue weighted by atomic mass is 16.2. The summed E-state index contributed by atoms with van der Waals surface area (Å²) in [7, 11) is 0. The maximum Gasteiger partial charge on any atom is 0.198 e. The van der Waals surface area contributed by atoms with Crippen LogP contribution in [-0.4, -0.2) is 11.6 Å². The van der Waals surface area contributed by atoms with Crippen molar-refractivity contribution in [2.24, 2.45) is 0 Å². The van der Waals surface area contributed by atoms with E-state index in [4.69, 9.17) is 0 Å². The number of hydrogen-bond donors (Lipinski definition) is 0. The number of carbonyl (C=O) groups is 2. The first-order valence-electron chi connectivity index (χ1n) is 11.3. The zero-order chi connectivity index (χ0) is 18.6. The number of ketones is 2. The summed E-state index contributed by atoms with van der Waals surface area (Å²) in [5.74, 6) is -0.239. The van der Waals surface area contributed by atoms with Crippen molar-refractivity contribution in [3.63, 3.8) is 0 Å². The topological polar surface area (TPSA) is 34.1 Å². The van der Waals surface area contributed by atoms with Crippen molar-refractivity contribution >= 4 is 11.6 Å². The van der Waals surface area contributed by atoms with Crippen LogP contribution in [0.3, 0.4) is 0 Å². The number of unbranched alkanes of at least 4 members (excludes halogenated alkanes) is 15. The minimum atomic E-state index is -0.120. The Labute approximate surface area is 157 Å². The summed E-state index contributed by atoms with van der Waals surface area (Å²) in [6.07, 6.45) is 21.9. The number of carbonyl (C=O) groups excluding carboxylic acids is 2. The summed E-state index contributed by atoms with van der Waals surface area (Å²) < 4.78 is 0. The first-order valence-corrected chi connectivity index (χ1v) is 11.3. The third-order valence-electron chi connectivity index (χ3n) is 5.08. The highest BCUT2D eigenvalue weighted by molar-refractivity contribution is 6.37. The summed E-state index contributed by atoms with van der Waals surface area (Å²) in [5.41, 5.74) is 0. The number of hydrogen-bond acceptors (Lipinski definition) is 2. The molecule has 0 saturated carbocycles. The van der Waals surface area contributed by atoms with Gasteiger partial charge in [0, 0.05) is 12.8 Å². The van der Waals surface area contributed by atoms with Crippen LogP contribution in [0.25, 0.3) is 0 Å². The molecule has 0 bridgehead atoms. The summed E-state index contributed by atoms with van der Waals surface area (Å²) in [6.45, 7) is 4.48. The normalized spacial score (nSPS) is 11.0. The van der Waals surface area contributed by atoms with E-state index in [1.807, 2.05) is 0 Å². The van der Waals surface area contributed by atoms with Gasteiger partial charge in [-0.2, -0.15) is 0 Å². The highest BCUT2D eigenvalue weighted by Crippen LogP contribution is 2.12. The van der Waals surface area contributed by atoms with Gasteiger partial charge >= 0.3 is 0 Å². The molecular weight excluding hydrogens is 308 g/mol. The first kappa shape index (κ1) is 24.3. The minimum absolute atomic E-state index is 0.120. The van der Waals surface area contributed by atoms with Crippen LogP contribution in [0.1, 0.15) is 136 Å². The SMILES string of the molecule is CCCCCCCCCCCC(=O)C(=O)CCCCCCCCCC. The standard InChI is InChI=1S/C23H44O2/c1-3-5-7-9-11-13-15-17-19-21-23(25)22(24)20-18-16-14-12-10-8-6-4-2/h3-21H2,1-2H3. The smallest absolute Gasteiger partial charge is 0.198 e. The van der Waals surface area contributed by atoms with Crippen molar-refractivity contribution in [2.75, 3.05) is 0 Å². The van der Waals surface area contributed by atoms with Gasteiger partial charge in [-0.1, -0.05) is 110 Å². The zero-order valence-corrected chi connectivity index (χ0v) is 17.3. The quantitative estimate of drug-likeness (QED) is 0.167. The van der Waals surface area contributed by atoms with Crippen LogP contribution in [0, 0.1) is 0 Å². The molecule has 2 heteroatoms. The molecule has 0 atom stereocenters. The second kappa shape index (κ2) is 19.7. The number of rotatable bonds is 20. The van der Waals surface area contributed by atoms with Gasteiger partial charge in [-0.3, -0.25) is 9.59 Å². The Bertz CT molecular complexity index is 309. The maximum atomic E-state index is 11.8. The van der Waals surface area contributed by atoms with Crippen LogP contribution < -0.4 is 0 Å². The first-order chi connectivity index (χ1) is 12.2. The van der Waals surface area contributed by atoms with Crippen LogP contribution in [0.4, 0.5) is 0 Å². The van der Waals surface area contributed by atoms with Crippen molar-refractivity contribution in [3.05, 3.63) is 0 Å². The van der Waals surface area contributed by atoms with Crippen LogP contribution in [0.5, 0.6) is 0 Å². The molecule has 0 radical (unpaired) electrons. The van der Waals surface area contributed by atoms with E-state index in [9.17, 15) is 9.59 Å². The Kier molecular flexibility index (Phi) is 19.1. The van der Waals surface area contributed by atoms with Gasteiger partial charge in [0.05, 0.1) is 0 Å². The van der Waals surface area contributed by atoms with Crippen molar-refractivity contribution < 1.29 is 9.59 Å². The van der Waals surface area contributed by atoms with Crippen LogP contribution in [-0.2, 0) is 9.59 Å². The van der Waals surface area contributed by atoms with E-state index in [1.54, 1.807) is 0 Å². The van der Waals surface area contributed by atoms with Gasteiger partial charge in [-0.15, -0.1) is 0 Å². The Morgan fingerprint density at radius 1 is 0.400 bits per heavy atom. The van der Waals surface area contributed by atoms with E-state index >= 15 is 0 Å². The van der Waals surface area contributed by atoms with Crippen molar-refractivity contribution in [1.29, 1.82) is 0 Å². The van der Waals surface area contributed by atoms with E-state index in [2.05, 4.69) is 13.8 Å². The van der Waals surface area contributed by atoms with Crippen LogP contribution in [0.15, 0.2) is 0 Å². The molecule has 148 valence electrons. The largest absolute Gasteiger partial charge is 0.291 e. The van der Waals surface area contributed by atoms with Gasteiger partial charge in [0.2, 0.25) is 0 Å².